The van der Waals surface area contributed by atoms with Crippen molar-refractivity contribution < 1.29 is 19.1 Å². The molecule has 6 rings (SSSR count). The summed E-state index contributed by atoms with van der Waals surface area (Å²) in [6, 6.07) is 23.5. The number of esters is 1. The number of carbonyl (C=O) groups is 2. The van der Waals surface area contributed by atoms with Crippen LogP contribution in [-0.2, 0) is 14.3 Å². The summed E-state index contributed by atoms with van der Waals surface area (Å²) in [4.78, 5) is 49.4. The Morgan fingerprint density at radius 1 is 0.956 bits per heavy atom. The third-order valence-corrected chi connectivity index (χ3v) is 8.86. The van der Waals surface area contributed by atoms with Gasteiger partial charge in [-0.2, -0.15) is 0 Å². The minimum absolute atomic E-state index is 0.0154. The number of carbonyl (C=O) groups excluding carboxylic acids is 2. The van der Waals surface area contributed by atoms with Crippen LogP contribution >= 0.6 is 11.3 Å². The molecule has 1 atom stereocenters. The highest BCUT2D eigenvalue weighted by atomic mass is 32.1. The van der Waals surface area contributed by atoms with Gasteiger partial charge in [-0.25, -0.2) is 9.79 Å². The van der Waals surface area contributed by atoms with Gasteiger partial charge in [-0.3, -0.25) is 14.2 Å². The van der Waals surface area contributed by atoms with Gasteiger partial charge in [-0.1, -0.05) is 85.3 Å². The molecule has 0 saturated carbocycles. The quantitative estimate of drug-likeness (QED) is 0.239. The molecule has 0 fully saturated rings. The van der Waals surface area contributed by atoms with Crippen LogP contribution in [0.25, 0.3) is 11.3 Å². The molecule has 0 spiro atoms. The largest absolute Gasteiger partial charge is 0.491 e. The summed E-state index contributed by atoms with van der Waals surface area (Å²) in [5.41, 5.74) is 3.62. The Hall–Kier alpha value is -4.76. The molecule has 9 heteroatoms. The Balaban J connectivity index is 1.65. The van der Waals surface area contributed by atoms with E-state index < -0.39 is 12.0 Å². The number of fused-ring (bicyclic) bond motifs is 2. The third kappa shape index (κ3) is 5.53. The van der Waals surface area contributed by atoms with Crippen molar-refractivity contribution in [1.29, 1.82) is 0 Å². The summed E-state index contributed by atoms with van der Waals surface area (Å²) in [7, 11) is 0. The number of benzene rings is 3. The molecule has 3 aromatic carbocycles. The highest BCUT2D eigenvalue weighted by Crippen LogP contribution is 2.37. The SMILES string of the molecule is CCCCN1C(=O)/C(=c2\sc3n(c2=O)[C@H](c2ccc(OC(C)C)cc2)C(C(=O)OCC)=C(c2ccccc2)N=3)c2ccccc21. The summed E-state index contributed by atoms with van der Waals surface area (Å²) in [5.74, 6) is -0.0817. The molecular formula is C36H35N3O5S. The van der Waals surface area contributed by atoms with Gasteiger partial charge in [-0.15, -0.1) is 0 Å². The number of unbranched alkanes of at least 4 members (excludes halogenated alkanes) is 1. The van der Waals surface area contributed by atoms with Gasteiger partial charge in [0.25, 0.3) is 11.5 Å². The average molecular weight is 622 g/mol. The predicted octanol–water partition coefficient (Wildman–Crippen LogP) is 5.24. The Morgan fingerprint density at radius 3 is 2.36 bits per heavy atom. The summed E-state index contributed by atoms with van der Waals surface area (Å²) in [5, 5.41) is 0. The maximum absolute atomic E-state index is 14.6. The van der Waals surface area contributed by atoms with Gasteiger partial charge in [0.2, 0.25) is 0 Å². The van der Waals surface area contributed by atoms with Crippen molar-refractivity contribution in [2.24, 2.45) is 4.99 Å². The predicted molar refractivity (Wildman–Crippen MR) is 176 cm³/mol. The molecule has 230 valence electrons. The lowest BCUT2D eigenvalue weighted by atomic mass is 9.93. The van der Waals surface area contributed by atoms with Gasteiger partial charge < -0.3 is 14.4 Å². The monoisotopic (exact) mass is 621 g/mol. The topological polar surface area (TPSA) is 90.2 Å². The van der Waals surface area contributed by atoms with Crippen molar-refractivity contribution in [3.8, 4) is 5.75 Å². The molecule has 0 aliphatic carbocycles. The lowest BCUT2D eigenvalue weighted by molar-refractivity contribution is -0.138. The van der Waals surface area contributed by atoms with E-state index in [0.29, 0.717) is 38.5 Å². The summed E-state index contributed by atoms with van der Waals surface area (Å²) in [6.45, 7) is 8.45. The fraction of sp³-hybridized carbons (Fsp3) is 0.278. The van der Waals surface area contributed by atoms with Crippen LogP contribution in [0.3, 0.4) is 0 Å². The zero-order chi connectivity index (χ0) is 31.7. The normalized spacial score (nSPS) is 16.9. The molecule has 8 nitrogen and oxygen atoms in total. The van der Waals surface area contributed by atoms with Crippen molar-refractivity contribution in [2.45, 2.75) is 52.7 Å². The molecule has 3 heterocycles. The van der Waals surface area contributed by atoms with E-state index in [1.807, 2.05) is 92.7 Å². The third-order valence-electron chi connectivity index (χ3n) is 7.80. The lowest BCUT2D eigenvalue weighted by Crippen LogP contribution is -2.41. The van der Waals surface area contributed by atoms with Crippen LogP contribution in [0.5, 0.6) is 5.75 Å². The minimum atomic E-state index is -0.846. The number of rotatable bonds is 9. The Kier molecular flexibility index (Phi) is 8.54. The zero-order valence-electron chi connectivity index (χ0n) is 25.8. The number of aromatic nitrogens is 1. The van der Waals surface area contributed by atoms with Crippen molar-refractivity contribution in [2.75, 3.05) is 18.1 Å². The highest BCUT2D eigenvalue weighted by molar-refractivity contribution is 7.07. The van der Waals surface area contributed by atoms with E-state index >= 15 is 0 Å². The fourth-order valence-electron chi connectivity index (χ4n) is 5.84. The first-order valence-electron chi connectivity index (χ1n) is 15.3. The fourth-order valence-corrected chi connectivity index (χ4v) is 6.94. The van der Waals surface area contributed by atoms with E-state index in [9.17, 15) is 14.4 Å². The number of hydrogen-bond acceptors (Lipinski definition) is 7. The smallest absolute Gasteiger partial charge is 0.338 e. The van der Waals surface area contributed by atoms with E-state index in [2.05, 4.69) is 6.92 Å². The van der Waals surface area contributed by atoms with E-state index in [0.717, 1.165) is 29.7 Å². The number of para-hydroxylation sites is 1. The summed E-state index contributed by atoms with van der Waals surface area (Å²) >= 11 is 1.18. The van der Waals surface area contributed by atoms with Crippen LogP contribution in [0.1, 0.15) is 63.3 Å². The second kappa shape index (κ2) is 12.7. The minimum Gasteiger partial charge on any atom is -0.491 e. The van der Waals surface area contributed by atoms with Crippen molar-refractivity contribution in [1.82, 2.24) is 4.57 Å². The standard InChI is InChI=1S/C36H35N3O5S/c1-5-7-21-38-27-16-12-11-15-26(27)28(33(38)40)32-34(41)39-31(24-17-19-25(20-18-24)44-22(3)4)29(35(42)43-6-2)30(37-36(39)45-32)23-13-9-8-10-14-23/h8-20,22,31H,5-7,21H2,1-4H3/b32-28-/t31-/m1/s1. The first-order valence-corrected chi connectivity index (χ1v) is 16.1. The molecule has 45 heavy (non-hydrogen) atoms. The van der Waals surface area contributed by atoms with E-state index in [4.69, 9.17) is 14.5 Å². The van der Waals surface area contributed by atoms with Gasteiger partial charge in [-0.05, 0) is 51.0 Å². The molecule has 0 unspecified atom stereocenters. The van der Waals surface area contributed by atoms with Gasteiger partial charge in [0, 0.05) is 17.7 Å². The number of nitrogens with zero attached hydrogens (tertiary/aromatic N) is 3. The van der Waals surface area contributed by atoms with Crippen molar-refractivity contribution in [3.05, 3.63) is 121 Å². The van der Waals surface area contributed by atoms with Gasteiger partial charge in [0.15, 0.2) is 4.80 Å². The van der Waals surface area contributed by atoms with Crippen LogP contribution in [0, 0.1) is 0 Å². The van der Waals surface area contributed by atoms with Crippen molar-refractivity contribution >= 4 is 40.2 Å². The van der Waals surface area contributed by atoms with Crippen molar-refractivity contribution in [3.63, 3.8) is 0 Å². The number of ether oxygens (including phenoxy) is 2. The number of hydrogen-bond donors (Lipinski definition) is 0. The molecule has 1 amide bonds. The van der Waals surface area contributed by atoms with Gasteiger partial charge in [0.05, 0.1) is 41.3 Å². The van der Waals surface area contributed by atoms with Crippen LogP contribution in [0.15, 0.2) is 94.2 Å². The molecular weight excluding hydrogens is 586 g/mol. The molecule has 4 aromatic rings. The van der Waals surface area contributed by atoms with Crippen LogP contribution < -0.4 is 24.5 Å². The highest BCUT2D eigenvalue weighted by Gasteiger charge is 2.38. The van der Waals surface area contributed by atoms with Crippen LogP contribution in [0.4, 0.5) is 5.69 Å². The Morgan fingerprint density at radius 2 is 1.67 bits per heavy atom. The molecule has 0 bridgehead atoms. The second-order valence-corrected chi connectivity index (χ2v) is 12.2. The maximum Gasteiger partial charge on any atom is 0.338 e. The molecule has 2 aliphatic rings. The van der Waals surface area contributed by atoms with Crippen LogP contribution in [0.2, 0.25) is 0 Å². The van der Waals surface area contributed by atoms with Gasteiger partial charge >= 0.3 is 5.97 Å². The first kappa shape index (κ1) is 30.3. The van der Waals surface area contributed by atoms with E-state index in [1.165, 1.54) is 15.9 Å². The number of thiazole rings is 1. The molecule has 2 aliphatic heterocycles. The lowest BCUT2D eigenvalue weighted by Gasteiger charge is -2.26. The Labute approximate surface area is 265 Å². The average Bonchev–Trinajstić information content (AvgIpc) is 3.51. The summed E-state index contributed by atoms with van der Waals surface area (Å²) in [6.07, 6.45) is 1.76. The molecule has 1 aromatic heterocycles. The molecule has 0 N–H and O–H groups in total. The van der Waals surface area contributed by atoms with E-state index in [-0.39, 0.29) is 29.8 Å². The second-order valence-electron chi connectivity index (χ2n) is 11.2. The zero-order valence-corrected chi connectivity index (χ0v) is 26.6. The Bertz CT molecular complexity index is 1970. The van der Waals surface area contributed by atoms with Crippen LogP contribution in [-0.4, -0.2) is 35.7 Å². The number of amides is 1. The molecule has 0 radical (unpaired) electrons. The summed E-state index contributed by atoms with van der Waals surface area (Å²) < 4.78 is 13.3. The first-order chi connectivity index (χ1) is 21.8. The molecule has 0 saturated heterocycles. The van der Waals surface area contributed by atoms with Gasteiger partial charge in [0.1, 0.15) is 10.3 Å². The number of anilines is 1. The maximum atomic E-state index is 14.6. The van der Waals surface area contributed by atoms with E-state index in [1.54, 1.807) is 11.8 Å².